The second kappa shape index (κ2) is 3.88. The predicted octanol–water partition coefficient (Wildman–Crippen LogP) is 1.86. The molecule has 0 N–H and O–H groups in total. The average molecular weight is 319 g/mol. The van der Waals surface area contributed by atoms with Crippen LogP contribution < -0.4 is 0 Å². The zero-order chi connectivity index (χ0) is 11.0. The van der Waals surface area contributed by atoms with E-state index < -0.39 is 18.5 Å². The van der Waals surface area contributed by atoms with Crippen molar-refractivity contribution in [3.05, 3.63) is 32.9 Å². The molecule has 0 spiro atoms. The smallest absolute Gasteiger partial charge is 0.262 e. The molecule has 0 fully saturated rings. The molecule has 15 heavy (non-hydrogen) atoms. The molecule has 78 valence electrons. The first-order valence-corrected chi connectivity index (χ1v) is 5.45. The fourth-order valence-corrected chi connectivity index (χ4v) is 2.31. The van der Waals surface area contributed by atoms with Gasteiger partial charge in [-0.15, -0.1) is 0 Å². The third-order valence-corrected chi connectivity index (χ3v) is 3.16. The van der Waals surface area contributed by atoms with Gasteiger partial charge in [-0.1, -0.05) is 6.07 Å². The van der Waals surface area contributed by atoms with Crippen LogP contribution in [-0.2, 0) is 0 Å². The number of amides is 2. The normalized spacial score (nSPS) is 14.7. The highest BCUT2D eigenvalue weighted by atomic mass is 127. The lowest BCUT2D eigenvalue weighted by atomic mass is 10.1. The minimum Gasteiger partial charge on any atom is -0.272 e. The van der Waals surface area contributed by atoms with E-state index in [0.717, 1.165) is 8.47 Å². The van der Waals surface area contributed by atoms with Gasteiger partial charge in [-0.3, -0.25) is 14.5 Å². The molecule has 1 heterocycles. The number of nitrogens with zero attached hydrogens (tertiary/aromatic N) is 1. The van der Waals surface area contributed by atoms with Gasteiger partial charge in [0, 0.05) is 3.57 Å². The first-order chi connectivity index (χ1) is 7.16. The number of halogens is 2. The molecule has 5 heteroatoms. The van der Waals surface area contributed by atoms with Gasteiger partial charge in [-0.25, -0.2) is 4.39 Å². The Bertz CT molecular complexity index is 447. The molecular weight excluding hydrogens is 312 g/mol. The predicted molar refractivity (Wildman–Crippen MR) is 60.5 cm³/mol. The Kier molecular flexibility index (Phi) is 2.72. The fourth-order valence-electron chi connectivity index (χ4n) is 1.58. The Hall–Kier alpha value is -0.980. The van der Waals surface area contributed by atoms with Crippen LogP contribution in [0, 0.1) is 3.57 Å². The highest BCUT2D eigenvalue weighted by Crippen LogP contribution is 2.26. The molecule has 2 amide bonds. The molecule has 0 unspecified atom stereocenters. The van der Waals surface area contributed by atoms with Crippen molar-refractivity contribution in [3.63, 3.8) is 0 Å². The monoisotopic (exact) mass is 319 g/mol. The van der Waals surface area contributed by atoms with Gasteiger partial charge in [-0.2, -0.15) is 0 Å². The molecule has 1 aliphatic rings. The minimum absolute atomic E-state index is 0.164. The van der Waals surface area contributed by atoms with Crippen LogP contribution in [0.2, 0.25) is 0 Å². The van der Waals surface area contributed by atoms with Crippen LogP contribution in [0.25, 0.3) is 0 Å². The van der Waals surface area contributed by atoms with Crippen molar-refractivity contribution in [1.82, 2.24) is 4.90 Å². The van der Waals surface area contributed by atoms with Crippen molar-refractivity contribution in [2.75, 3.05) is 13.2 Å². The van der Waals surface area contributed by atoms with Gasteiger partial charge in [0.15, 0.2) is 0 Å². The molecule has 3 nitrogen and oxygen atoms in total. The van der Waals surface area contributed by atoms with E-state index >= 15 is 0 Å². The Labute approximate surface area is 99.4 Å². The first kappa shape index (κ1) is 10.5. The number of imide groups is 1. The zero-order valence-electron chi connectivity index (χ0n) is 7.67. The van der Waals surface area contributed by atoms with Gasteiger partial charge >= 0.3 is 0 Å². The summed E-state index contributed by atoms with van der Waals surface area (Å²) in [5, 5.41) is 0. The van der Waals surface area contributed by atoms with Gasteiger partial charge in [0.05, 0.1) is 17.7 Å². The lowest BCUT2D eigenvalue weighted by molar-refractivity contribution is 0.0644. The lowest BCUT2D eigenvalue weighted by Crippen LogP contribution is -2.31. The van der Waals surface area contributed by atoms with E-state index in [0.29, 0.717) is 11.1 Å². The average Bonchev–Trinajstić information content (AvgIpc) is 2.45. The number of hydrogen-bond acceptors (Lipinski definition) is 2. The molecule has 1 aromatic rings. The third-order valence-electron chi connectivity index (χ3n) is 2.26. The molecule has 2 rings (SSSR count). The second-order valence-electron chi connectivity index (χ2n) is 3.11. The topological polar surface area (TPSA) is 37.4 Å². The molecule has 0 saturated carbocycles. The minimum atomic E-state index is -0.706. The summed E-state index contributed by atoms with van der Waals surface area (Å²) in [6.45, 7) is -0.871. The highest BCUT2D eigenvalue weighted by Gasteiger charge is 2.36. The molecule has 1 aromatic carbocycles. The van der Waals surface area contributed by atoms with Gasteiger partial charge in [0.25, 0.3) is 11.8 Å². The summed E-state index contributed by atoms with van der Waals surface area (Å²) in [5.74, 6) is -0.788. The van der Waals surface area contributed by atoms with Crippen LogP contribution in [0.5, 0.6) is 0 Å². The van der Waals surface area contributed by atoms with Crippen LogP contribution >= 0.6 is 22.6 Å². The summed E-state index contributed by atoms with van der Waals surface area (Å²) in [5.41, 5.74) is 0.775. The van der Waals surface area contributed by atoms with E-state index in [9.17, 15) is 14.0 Å². The van der Waals surface area contributed by atoms with Gasteiger partial charge in [0.2, 0.25) is 0 Å². The Balaban J connectivity index is 2.51. The number of alkyl halides is 1. The summed E-state index contributed by atoms with van der Waals surface area (Å²) in [4.78, 5) is 24.4. The maximum atomic E-state index is 12.2. The Morgan fingerprint density at radius 2 is 2.00 bits per heavy atom. The van der Waals surface area contributed by atoms with E-state index in [2.05, 4.69) is 0 Å². The second-order valence-corrected chi connectivity index (χ2v) is 4.28. The summed E-state index contributed by atoms with van der Waals surface area (Å²) >= 11 is 2.00. The lowest BCUT2D eigenvalue weighted by Gasteiger charge is -2.10. The SMILES string of the molecule is O=C1c2cccc(I)c2C(=O)N1CCF. The molecule has 0 bridgehead atoms. The third kappa shape index (κ3) is 1.54. The summed E-state index contributed by atoms with van der Waals surface area (Å²) in [6.07, 6.45) is 0. The molecule has 1 aliphatic heterocycles. The maximum Gasteiger partial charge on any atom is 0.262 e. The van der Waals surface area contributed by atoms with Gasteiger partial charge in [0.1, 0.15) is 6.67 Å². The molecule has 0 saturated heterocycles. The van der Waals surface area contributed by atoms with Crippen molar-refractivity contribution in [2.24, 2.45) is 0 Å². The van der Waals surface area contributed by atoms with E-state index in [1.807, 2.05) is 22.6 Å². The maximum absolute atomic E-state index is 12.2. The molecule has 0 atom stereocenters. The first-order valence-electron chi connectivity index (χ1n) is 4.37. The summed E-state index contributed by atoms with van der Waals surface area (Å²) in [7, 11) is 0. The number of carbonyl (C=O) groups is 2. The zero-order valence-corrected chi connectivity index (χ0v) is 9.82. The number of benzene rings is 1. The number of carbonyl (C=O) groups excluding carboxylic acids is 2. The Morgan fingerprint density at radius 3 is 2.60 bits per heavy atom. The largest absolute Gasteiger partial charge is 0.272 e. The molecular formula is C10H7FINO2. The van der Waals surface area contributed by atoms with Crippen molar-refractivity contribution in [1.29, 1.82) is 0 Å². The van der Waals surface area contributed by atoms with E-state index in [4.69, 9.17) is 0 Å². The number of hydrogen-bond donors (Lipinski definition) is 0. The van der Waals surface area contributed by atoms with Crippen molar-refractivity contribution in [2.45, 2.75) is 0 Å². The van der Waals surface area contributed by atoms with Gasteiger partial charge < -0.3 is 0 Å². The van der Waals surface area contributed by atoms with Crippen LogP contribution in [-0.4, -0.2) is 29.9 Å². The molecule has 0 aliphatic carbocycles. The highest BCUT2D eigenvalue weighted by molar-refractivity contribution is 14.1. The van der Waals surface area contributed by atoms with Crippen LogP contribution in [0.15, 0.2) is 18.2 Å². The fraction of sp³-hybridized carbons (Fsp3) is 0.200. The van der Waals surface area contributed by atoms with Crippen LogP contribution in [0.4, 0.5) is 4.39 Å². The molecule has 0 radical (unpaired) electrons. The van der Waals surface area contributed by atoms with Crippen LogP contribution in [0.3, 0.4) is 0 Å². The Morgan fingerprint density at radius 1 is 1.27 bits per heavy atom. The van der Waals surface area contributed by atoms with E-state index in [1.165, 1.54) is 0 Å². The summed E-state index contributed by atoms with van der Waals surface area (Å²) in [6, 6.07) is 5.06. The number of rotatable bonds is 2. The number of fused-ring (bicyclic) bond motifs is 1. The van der Waals surface area contributed by atoms with Crippen molar-refractivity contribution >= 4 is 34.4 Å². The van der Waals surface area contributed by atoms with Crippen molar-refractivity contribution in [3.8, 4) is 0 Å². The molecule has 0 aromatic heterocycles. The van der Waals surface area contributed by atoms with Crippen molar-refractivity contribution < 1.29 is 14.0 Å². The summed E-state index contributed by atoms with van der Waals surface area (Å²) < 4.78 is 12.9. The standard InChI is InChI=1S/C10H7FINO2/c11-4-5-13-9(14)6-2-1-3-7(12)8(6)10(13)15/h1-3H,4-5H2. The van der Waals surface area contributed by atoms with Gasteiger partial charge in [-0.05, 0) is 34.7 Å². The van der Waals surface area contributed by atoms with Crippen LogP contribution in [0.1, 0.15) is 20.7 Å². The van der Waals surface area contributed by atoms with E-state index in [-0.39, 0.29) is 6.54 Å². The quantitative estimate of drug-likeness (QED) is 0.616. The van der Waals surface area contributed by atoms with E-state index in [1.54, 1.807) is 18.2 Å².